The number of aromatic hydroxyl groups is 1. The number of carbonyl (C=O) groups is 1. The number of nitrogens with zero attached hydrogens (tertiary/aromatic N) is 1. The molecule has 0 radical (unpaired) electrons. The second kappa shape index (κ2) is 6.50. The first-order valence-electron chi connectivity index (χ1n) is 7.52. The van der Waals surface area contributed by atoms with Gasteiger partial charge in [-0.05, 0) is 48.3 Å². The number of hydrogen-bond donors (Lipinski definition) is 1. The fourth-order valence-electron chi connectivity index (χ4n) is 2.68. The Labute approximate surface area is 138 Å². The second-order valence-electron chi connectivity index (χ2n) is 5.61. The minimum atomic E-state index is -0.450. The highest BCUT2D eigenvalue weighted by Crippen LogP contribution is 2.30. The Balaban J connectivity index is 1.84. The summed E-state index contributed by atoms with van der Waals surface area (Å²) in [5.41, 5.74) is 2.87. The van der Waals surface area contributed by atoms with Crippen molar-refractivity contribution in [3.8, 4) is 5.75 Å². The molecular formula is C19H15NO4. The molecule has 2 aromatic rings. The van der Waals surface area contributed by atoms with Gasteiger partial charge in [-0.25, -0.2) is 0 Å². The van der Waals surface area contributed by atoms with E-state index < -0.39 is 4.92 Å². The Morgan fingerprint density at radius 1 is 0.958 bits per heavy atom. The van der Waals surface area contributed by atoms with E-state index >= 15 is 0 Å². The molecule has 1 N–H and O–H groups in total. The summed E-state index contributed by atoms with van der Waals surface area (Å²) in [5, 5.41) is 20.1. The number of ketones is 1. The van der Waals surface area contributed by atoms with E-state index in [1.165, 1.54) is 12.1 Å². The van der Waals surface area contributed by atoms with Crippen LogP contribution in [0, 0.1) is 10.1 Å². The summed E-state index contributed by atoms with van der Waals surface area (Å²) >= 11 is 0. The Morgan fingerprint density at radius 3 is 2.21 bits per heavy atom. The Hall–Kier alpha value is -3.21. The molecule has 0 spiro atoms. The number of nitro benzene ring substituents is 1. The van der Waals surface area contributed by atoms with E-state index in [4.69, 9.17) is 0 Å². The number of phenolic OH excluding ortho intramolecular Hbond substituents is 1. The number of allylic oxidation sites excluding steroid dienone is 2. The van der Waals surface area contributed by atoms with E-state index in [0.717, 1.165) is 5.56 Å². The highest BCUT2D eigenvalue weighted by atomic mass is 16.6. The quantitative estimate of drug-likeness (QED) is 0.523. The molecule has 0 amide bonds. The van der Waals surface area contributed by atoms with Crippen molar-refractivity contribution in [2.24, 2.45) is 0 Å². The summed E-state index contributed by atoms with van der Waals surface area (Å²) in [4.78, 5) is 22.9. The van der Waals surface area contributed by atoms with Gasteiger partial charge in [0.25, 0.3) is 5.69 Å². The van der Waals surface area contributed by atoms with Crippen LogP contribution in [0.5, 0.6) is 5.75 Å². The maximum Gasteiger partial charge on any atom is 0.270 e. The molecule has 5 nitrogen and oxygen atoms in total. The highest BCUT2D eigenvalue weighted by Gasteiger charge is 2.23. The van der Waals surface area contributed by atoms with Crippen LogP contribution in [0.15, 0.2) is 59.7 Å². The zero-order valence-corrected chi connectivity index (χ0v) is 12.8. The van der Waals surface area contributed by atoms with Crippen molar-refractivity contribution in [3.63, 3.8) is 0 Å². The molecule has 0 atom stereocenters. The smallest absolute Gasteiger partial charge is 0.270 e. The number of benzene rings is 2. The fraction of sp³-hybridized carbons (Fsp3) is 0.105. The van der Waals surface area contributed by atoms with Crippen LogP contribution in [-0.2, 0) is 4.79 Å². The lowest BCUT2D eigenvalue weighted by Gasteiger charge is -1.98. The normalized spacial score (nSPS) is 17.6. The molecule has 120 valence electrons. The van der Waals surface area contributed by atoms with Crippen molar-refractivity contribution >= 4 is 23.6 Å². The van der Waals surface area contributed by atoms with Crippen LogP contribution in [0.3, 0.4) is 0 Å². The zero-order chi connectivity index (χ0) is 17.1. The van der Waals surface area contributed by atoms with Crippen LogP contribution in [0.25, 0.3) is 12.2 Å². The SMILES string of the molecule is O=C1C(=Cc2ccc(O)cc2)CCC1=Cc1cccc([N+](=O)[O-])c1. The lowest BCUT2D eigenvalue weighted by Crippen LogP contribution is -1.95. The second-order valence-corrected chi connectivity index (χ2v) is 5.61. The van der Waals surface area contributed by atoms with Crippen molar-refractivity contribution in [3.05, 3.63) is 80.9 Å². The van der Waals surface area contributed by atoms with Gasteiger partial charge in [0.1, 0.15) is 5.75 Å². The van der Waals surface area contributed by atoms with Gasteiger partial charge in [-0.1, -0.05) is 24.3 Å². The van der Waals surface area contributed by atoms with Crippen LogP contribution in [0.1, 0.15) is 24.0 Å². The Morgan fingerprint density at radius 2 is 1.58 bits per heavy atom. The molecule has 0 aromatic heterocycles. The standard InChI is InChI=1S/C19H15NO4/c21-18-8-4-13(5-9-18)10-15-6-7-16(19(15)22)11-14-2-1-3-17(12-14)20(23)24/h1-5,8-12,21H,6-7H2. The fourth-order valence-corrected chi connectivity index (χ4v) is 2.68. The first-order valence-corrected chi connectivity index (χ1v) is 7.52. The molecule has 0 heterocycles. The number of phenols is 1. The van der Waals surface area contributed by atoms with Gasteiger partial charge in [-0.2, -0.15) is 0 Å². The molecule has 0 saturated heterocycles. The maximum atomic E-state index is 12.5. The van der Waals surface area contributed by atoms with Gasteiger partial charge in [0.15, 0.2) is 5.78 Å². The third-order valence-corrected chi connectivity index (χ3v) is 3.90. The van der Waals surface area contributed by atoms with Crippen molar-refractivity contribution in [1.82, 2.24) is 0 Å². The molecule has 1 aliphatic rings. The summed E-state index contributed by atoms with van der Waals surface area (Å²) in [6.45, 7) is 0. The maximum absolute atomic E-state index is 12.5. The van der Waals surface area contributed by atoms with Gasteiger partial charge in [0.2, 0.25) is 0 Å². The first-order chi connectivity index (χ1) is 11.5. The summed E-state index contributed by atoms with van der Waals surface area (Å²) < 4.78 is 0. The molecule has 0 bridgehead atoms. The van der Waals surface area contributed by atoms with Gasteiger partial charge in [0, 0.05) is 23.3 Å². The molecule has 3 rings (SSSR count). The summed E-state index contributed by atoms with van der Waals surface area (Å²) in [6, 6.07) is 12.9. The minimum Gasteiger partial charge on any atom is -0.508 e. The van der Waals surface area contributed by atoms with Gasteiger partial charge < -0.3 is 5.11 Å². The van der Waals surface area contributed by atoms with Gasteiger partial charge in [-0.15, -0.1) is 0 Å². The van der Waals surface area contributed by atoms with E-state index in [-0.39, 0.29) is 17.2 Å². The summed E-state index contributed by atoms with van der Waals surface area (Å²) in [5.74, 6) is 0.149. The third kappa shape index (κ3) is 3.41. The zero-order valence-electron chi connectivity index (χ0n) is 12.8. The van der Waals surface area contributed by atoms with Crippen LogP contribution in [0.2, 0.25) is 0 Å². The van der Waals surface area contributed by atoms with Crippen molar-refractivity contribution in [1.29, 1.82) is 0 Å². The van der Waals surface area contributed by atoms with E-state index in [0.29, 0.717) is 29.6 Å². The number of non-ortho nitro benzene ring substituents is 1. The average molecular weight is 321 g/mol. The molecule has 24 heavy (non-hydrogen) atoms. The van der Waals surface area contributed by atoms with Crippen LogP contribution >= 0.6 is 0 Å². The van der Waals surface area contributed by atoms with Crippen molar-refractivity contribution in [2.45, 2.75) is 12.8 Å². The van der Waals surface area contributed by atoms with Gasteiger partial charge in [0.05, 0.1) is 4.92 Å². The number of carbonyl (C=O) groups excluding carboxylic acids is 1. The molecule has 1 aliphatic carbocycles. The summed E-state index contributed by atoms with van der Waals surface area (Å²) in [6.07, 6.45) is 4.79. The van der Waals surface area contributed by atoms with Crippen LogP contribution in [0.4, 0.5) is 5.69 Å². The topological polar surface area (TPSA) is 80.4 Å². The Kier molecular flexibility index (Phi) is 4.24. The van der Waals surface area contributed by atoms with Crippen LogP contribution in [-0.4, -0.2) is 15.8 Å². The highest BCUT2D eigenvalue weighted by molar-refractivity contribution is 6.15. The largest absolute Gasteiger partial charge is 0.508 e. The molecule has 0 unspecified atom stereocenters. The molecule has 1 saturated carbocycles. The van der Waals surface area contributed by atoms with E-state index in [2.05, 4.69) is 0 Å². The van der Waals surface area contributed by atoms with E-state index in [9.17, 15) is 20.0 Å². The molecule has 5 heteroatoms. The number of hydrogen-bond acceptors (Lipinski definition) is 4. The predicted octanol–water partition coefficient (Wildman–Crippen LogP) is 4.13. The van der Waals surface area contributed by atoms with Crippen LogP contribution < -0.4 is 0 Å². The molecule has 1 fully saturated rings. The van der Waals surface area contributed by atoms with Gasteiger partial charge >= 0.3 is 0 Å². The monoisotopic (exact) mass is 321 g/mol. The molecular weight excluding hydrogens is 306 g/mol. The Bertz CT molecular complexity index is 863. The van der Waals surface area contributed by atoms with E-state index in [1.807, 2.05) is 6.08 Å². The first kappa shape index (κ1) is 15.7. The predicted molar refractivity (Wildman–Crippen MR) is 91.4 cm³/mol. The lowest BCUT2D eigenvalue weighted by atomic mass is 10.1. The summed E-state index contributed by atoms with van der Waals surface area (Å²) in [7, 11) is 0. The lowest BCUT2D eigenvalue weighted by molar-refractivity contribution is -0.384. The number of Topliss-reactive ketones (excluding diaryl/α,β-unsaturated/α-hetero) is 1. The number of nitro groups is 1. The average Bonchev–Trinajstić information content (AvgIpc) is 2.90. The third-order valence-electron chi connectivity index (χ3n) is 3.90. The van der Waals surface area contributed by atoms with Crippen molar-refractivity contribution < 1.29 is 14.8 Å². The van der Waals surface area contributed by atoms with E-state index in [1.54, 1.807) is 42.5 Å². The van der Waals surface area contributed by atoms with Gasteiger partial charge in [-0.3, -0.25) is 14.9 Å². The molecule has 2 aromatic carbocycles. The molecule has 0 aliphatic heterocycles. The minimum absolute atomic E-state index is 0.00894. The van der Waals surface area contributed by atoms with Crippen molar-refractivity contribution in [2.75, 3.05) is 0 Å². The number of rotatable bonds is 3.